The van der Waals surface area contributed by atoms with Gasteiger partial charge in [-0.25, -0.2) is 9.97 Å². The van der Waals surface area contributed by atoms with Gasteiger partial charge in [0.15, 0.2) is 0 Å². The molecular formula is C23H24N6O. The average molecular weight is 400 g/mol. The minimum absolute atomic E-state index is 0.0149. The fourth-order valence-corrected chi connectivity index (χ4v) is 4.49. The van der Waals surface area contributed by atoms with Gasteiger partial charge in [-0.2, -0.15) is 5.10 Å². The van der Waals surface area contributed by atoms with Crippen molar-refractivity contribution in [3.05, 3.63) is 66.9 Å². The summed E-state index contributed by atoms with van der Waals surface area (Å²) in [5, 5.41) is 8.76. The number of hydrogen-bond acceptors (Lipinski definition) is 4. The van der Waals surface area contributed by atoms with Gasteiger partial charge in [0.25, 0.3) is 5.91 Å². The lowest BCUT2D eigenvalue weighted by Crippen LogP contribution is -2.38. The van der Waals surface area contributed by atoms with Gasteiger partial charge in [0.2, 0.25) is 0 Å². The van der Waals surface area contributed by atoms with E-state index in [2.05, 4.69) is 25.4 Å². The summed E-state index contributed by atoms with van der Waals surface area (Å²) in [6.07, 6.45) is 11.9. The topological polar surface area (TPSA) is 88.5 Å². The molecule has 4 aromatic rings. The number of aromatic nitrogens is 5. The maximum Gasteiger partial charge on any atom is 0.251 e. The summed E-state index contributed by atoms with van der Waals surface area (Å²) in [6, 6.07) is 11.4. The highest BCUT2D eigenvalue weighted by atomic mass is 16.1. The zero-order chi connectivity index (χ0) is 20.4. The summed E-state index contributed by atoms with van der Waals surface area (Å²) in [5.41, 5.74) is 3.41. The highest BCUT2D eigenvalue weighted by molar-refractivity contribution is 5.94. The van der Waals surface area contributed by atoms with E-state index in [4.69, 9.17) is 0 Å². The Hall–Kier alpha value is -3.48. The summed E-state index contributed by atoms with van der Waals surface area (Å²) in [4.78, 5) is 24.4. The molecule has 7 nitrogen and oxygen atoms in total. The quantitative estimate of drug-likeness (QED) is 0.515. The lowest BCUT2D eigenvalue weighted by atomic mass is 9.86. The van der Waals surface area contributed by atoms with Crippen LogP contribution in [0.25, 0.3) is 22.3 Å². The number of benzene rings is 1. The molecule has 1 amide bonds. The molecular weight excluding hydrogens is 376 g/mol. The molecule has 3 heterocycles. The molecule has 7 heteroatoms. The third-order valence-electron chi connectivity index (χ3n) is 6.08. The van der Waals surface area contributed by atoms with Crippen LogP contribution in [0.2, 0.25) is 0 Å². The van der Waals surface area contributed by atoms with Crippen molar-refractivity contribution < 1.29 is 4.79 Å². The van der Waals surface area contributed by atoms with Crippen LogP contribution < -0.4 is 5.32 Å². The molecule has 0 atom stereocenters. The molecule has 3 aromatic heterocycles. The molecule has 30 heavy (non-hydrogen) atoms. The van der Waals surface area contributed by atoms with E-state index in [-0.39, 0.29) is 11.3 Å². The Labute approximate surface area is 174 Å². The van der Waals surface area contributed by atoms with Gasteiger partial charge < -0.3 is 10.3 Å². The minimum Gasteiger partial charge on any atom is -0.351 e. The fourth-order valence-electron chi connectivity index (χ4n) is 4.49. The number of nitrogens with zero attached hydrogens (tertiary/aromatic N) is 4. The van der Waals surface area contributed by atoms with Crippen molar-refractivity contribution in [2.75, 3.05) is 6.54 Å². The van der Waals surface area contributed by atoms with Crippen molar-refractivity contribution in [1.82, 2.24) is 30.0 Å². The summed E-state index contributed by atoms with van der Waals surface area (Å²) in [5.74, 6) is -0.0149. The smallest absolute Gasteiger partial charge is 0.251 e. The molecule has 0 spiro atoms. The van der Waals surface area contributed by atoms with Crippen molar-refractivity contribution in [3.63, 3.8) is 0 Å². The number of nitrogens with one attached hydrogen (secondary N) is 2. The Morgan fingerprint density at radius 2 is 1.97 bits per heavy atom. The number of amides is 1. The van der Waals surface area contributed by atoms with Gasteiger partial charge in [-0.15, -0.1) is 0 Å². The molecule has 0 radical (unpaired) electrons. The second kappa shape index (κ2) is 7.74. The number of carbonyl (C=O) groups excluding carboxylic acids is 1. The molecule has 0 bridgehead atoms. The first-order valence-electron chi connectivity index (χ1n) is 10.4. The zero-order valence-corrected chi connectivity index (χ0v) is 16.7. The van der Waals surface area contributed by atoms with E-state index < -0.39 is 0 Å². The van der Waals surface area contributed by atoms with Crippen LogP contribution in [-0.4, -0.2) is 37.2 Å². The lowest BCUT2D eigenvalue weighted by Gasteiger charge is -2.29. The van der Waals surface area contributed by atoms with E-state index in [0.717, 1.165) is 41.7 Å². The van der Waals surface area contributed by atoms with Crippen molar-refractivity contribution in [2.24, 2.45) is 5.41 Å². The standard InChI is InChI=1S/C23H24N6O/c30-22(17-6-2-1-3-7-17)25-14-23(9-4-5-10-23)15-29-13-18(12-28-29)20-19-8-11-24-21(19)27-16-26-20/h1-3,6-8,11-13,16H,4-5,9-10,14-15H2,(H,25,30)(H,24,26,27). The van der Waals surface area contributed by atoms with E-state index in [9.17, 15) is 4.79 Å². The van der Waals surface area contributed by atoms with Gasteiger partial charge in [0, 0.05) is 47.4 Å². The number of H-pyrrole nitrogens is 1. The number of rotatable bonds is 6. The highest BCUT2D eigenvalue weighted by Crippen LogP contribution is 2.39. The van der Waals surface area contributed by atoms with Crippen molar-refractivity contribution >= 4 is 16.9 Å². The Morgan fingerprint density at radius 1 is 1.13 bits per heavy atom. The van der Waals surface area contributed by atoms with Crippen LogP contribution in [0.5, 0.6) is 0 Å². The SMILES string of the molecule is O=C(NCC1(Cn2cc(-c3ncnc4[nH]ccc34)cn2)CCCC1)c1ccccc1. The van der Waals surface area contributed by atoms with Gasteiger partial charge in [0.05, 0.1) is 11.9 Å². The van der Waals surface area contributed by atoms with Crippen LogP contribution in [0.3, 0.4) is 0 Å². The Bertz CT molecular complexity index is 1160. The molecule has 0 unspecified atom stereocenters. The molecule has 1 aromatic carbocycles. The lowest BCUT2D eigenvalue weighted by molar-refractivity contribution is 0.0922. The Balaban J connectivity index is 1.33. The molecule has 1 aliphatic rings. The van der Waals surface area contributed by atoms with Gasteiger partial charge in [-0.05, 0) is 31.0 Å². The second-order valence-corrected chi connectivity index (χ2v) is 8.14. The Morgan fingerprint density at radius 3 is 2.80 bits per heavy atom. The maximum absolute atomic E-state index is 12.5. The van der Waals surface area contributed by atoms with Crippen LogP contribution in [-0.2, 0) is 6.54 Å². The normalized spacial score (nSPS) is 15.5. The van der Waals surface area contributed by atoms with Gasteiger partial charge >= 0.3 is 0 Å². The average Bonchev–Trinajstić information content (AvgIpc) is 3.54. The zero-order valence-electron chi connectivity index (χ0n) is 16.7. The molecule has 2 N–H and O–H groups in total. The van der Waals surface area contributed by atoms with E-state index in [1.54, 1.807) is 6.33 Å². The van der Waals surface area contributed by atoms with Crippen molar-refractivity contribution in [3.8, 4) is 11.3 Å². The summed E-state index contributed by atoms with van der Waals surface area (Å²) >= 11 is 0. The summed E-state index contributed by atoms with van der Waals surface area (Å²) in [7, 11) is 0. The molecule has 1 saturated carbocycles. The molecule has 1 aliphatic carbocycles. The first-order valence-corrected chi connectivity index (χ1v) is 10.4. The Kier molecular flexibility index (Phi) is 4.78. The second-order valence-electron chi connectivity index (χ2n) is 8.14. The van der Waals surface area contributed by atoms with Crippen LogP contribution >= 0.6 is 0 Å². The van der Waals surface area contributed by atoms with Crippen LogP contribution in [0.4, 0.5) is 0 Å². The minimum atomic E-state index is -0.0149. The molecule has 0 saturated heterocycles. The van der Waals surface area contributed by atoms with E-state index in [1.165, 1.54) is 12.8 Å². The third kappa shape index (κ3) is 3.58. The van der Waals surface area contributed by atoms with Crippen molar-refractivity contribution in [1.29, 1.82) is 0 Å². The number of carbonyl (C=O) groups is 1. The fraction of sp³-hybridized carbons (Fsp3) is 0.304. The molecule has 5 rings (SSSR count). The summed E-state index contributed by atoms with van der Waals surface area (Å²) in [6.45, 7) is 1.44. The maximum atomic E-state index is 12.5. The first kappa shape index (κ1) is 18.5. The summed E-state index contributed by atoms with van der Waals surface area (Å²) < 4.78 is 2.00. The van der Waals surface area contributed by atoms with Crippen LogP contribution in [0.1, 0.15) is 36.0 Å². The van der Waals surface area contributed by atoms with Gasteiger partial charge in [0.1, 0.15) is 12.0 Å². The predicted molar refractivity (Wildman–Crippen MR) is 115 cm³/mol. The monoisotopic (exact) mass is 400 g/mol. The van der Waals surface area contributed by atoms with Gasteiger partial charge in [-0.3, -0.25) is 9.48 Å². The number of fused-ring (bicyclic) bond motifs is 1. The first-order chi connectivity index (χ1) is 14.7. The third-order valence-corrected chi connectivity index (χ3v) is 6.08. The van der Waals surface area contributed by atoms with Crippen molar-refractivity contribution in [2.45, 2.75) is 32.2 Å². The number of aromatic amines is 1. The predicted octanol–water partition coefficient (Wildman–Crippen LogP) is 3.81. The van der Waals surface area contributed by atoms with Gasteiger partial charge in [-0.1, -0.05) is 31.0 Å². The van der Waals surface area contributed by atoms with Crippen LogP contribution in [0.15, 0.2) is 61.3 Å². The van der Waals surface area contributed by atoms with E-state index >= 15 is 0 Å². The molecule has 0 aliphatic heterocycles. The largest absolute Gasteiger partial charge is 0.351 e. The number of hydrogen-bond donors (Lipinski definition) is 2. The molecule has 152 valence electrons. The highest BCUT2D eigenvalue weighted by Gasteiger charge is 2.35. The van der Waals surface area contributed by atoms with Crippen LogP contribution in [0, 0.1) is 5.41 Å². The molecule has 1 fully saturated rings. The van der Waals surface area contributed by atoms with E-state index in [1.807, 2.05) is 59.7 Å². The van der Waals surface area contributed by atoms with E-state index in [0.29, 0.717) is 12.1 Å².